The molecule has 9 aromatic carbocycles. The highest BCUT2D eigenvalue weighted by molar-refractivity contribution is 6.25. The summed E-state index contributed by atoms with van der Waals surface area (Å²) < 4.78 is 209. The molecule has 10 rings (SSSR count). The fourth-order valence-corrected chi connectivity index (χ4v) is 5.94. The molecule has 0 aliphatic carbocycles. The minimum Gasteiger partial charge on any atom is -0.208 e. The molecule has 252 valence electrons. The van der Waals surface area contributed by atoms with E-state index < -0.39 is 210 Å². The van der Waals surface area contributed by atoms with Crippen LogP contribution in [0.15, 0.2) is 200 Å². The Labute approximate surface area is 346 Å². The first-order chi connectivity index (χ1) is 36.4. The van der Waals surface area contributed by atoms with Crippen molar-refractivity contribution in [3.05, 3.63) is 200 Å². The lowest BCUT2D eigenvalue weighted by atomic mass is 9.91. The van der Waals surface area contributed by atoms with E-state index in [1.165, 1.54) is 0 Å². The van der Waals surface area contributed by atoms with Gasteiger partial charge in [0.25, 0.3) is 0 Å². The zero-order valence-electron chi connectivity index (χ0n) is 50.6. The van der Waals surface area contributed by atoms with Crippen LogP contribution in [0.3, 0.4) is 0 Å². The highest BCUT2D eigenvalue weighted by Gasteiger charge is 2.14. The Kier molecular flexibility index (Phi) is 3.92. The van der Waals surface area contributed by atoms with Crippen LogP contribution >= 0.6 is 0 Å². The molecule has 0 aliphatic heterocycles. The average Bonchev–Trinajstić information content (AvgIpc) is 3.52. The fourth-order valence-electron chi connectivity index (χ4n) is 5.94. The highest BCUT2D eigenvalue weighted by Crippen LogP contribution is 2.38. The predicted molar refractivity (Wildman–Crippen MR) is 225 cm³/mol. The van der Waals surface area contributed by atoms with Crippen molar-refractivity contribution in [3.8, 4) is 67.5 Å². The van der Waals surface area contributed by atoms with Crippen LogP contribution in [0.4, 0.5) is 0 Å². The molecule has 1 heterocycles. The van der Waals surface area contributed by atoms with Gasteiger partial charge in [-0.1, -0.05) is 182 Å². The molecule has 0 unspecified atom stereocenters. The normalized spacial score (nSPS) is 17.3. The van der Waals surface area contributed by atoms with E-state index in [0.717, 1.165) is 0 Å². The van der Waals surface area contributed by atoms with Gasteiger partial charge < -0.3 is 0 Å². The second-order valence-electron chi connectivity index (χ2n) is 11.8. The van der Waals surface area contributed by atoms with Crippen LogP contribution in [-0.4, -0.2) is 15.0 Å². The summed E-state index contributed by atoms with van der Waals surface area (Å²) in [4.78, 5) is 13.7. The van der Waals surface area contributed by atoms with E-state index in [1.54, 1.807) is 60.7 Å². The quantitative estimate of drug-likeness (QED) is 0.161. The van der Waals surface area contributed by atoms with Crippen LogP contribution in [0, 0.1) is 0 Å². The van der Waals surface area contributed by atoms with E-state index in [1.807, 2.05) is 0 Å². The Morgan fingerprint density at radius 1 is 0.259 bits per heavy atom. The first kappa shape index (κ1) is 15.8. The van der Waals surface area contributed by atoms with Gasteiger partial charge in [-0.15, -0.1) is 0 Å². The third-order valence-electron chi connectivity index (χ3n) is 8.49. The molecule has 3 heteroatoms. The molecule has 0 radical (unpaired) electrons. The maximum Gasteiger partial charge on any atom is 0.164 e. The zero-order valence-corrected chi connectivity index (χ0v) is 27.6. The molecule has 0 saturated carbocycles. The summed E-state index contributed by atoms with van der Waals surface area (Å²) in [6.45, 7) is 0. The van der Waals surface area contributed by atoms with Crippen molar-refractivity contribution < 1.29 is 31.5 Å². The van der Waals surface area contributed by atoms with E-state index in [4.69, 9.17) is 19.2 Å². The van der Waals surface area contributed by atoms with Gasteiger partial charge >= 0.3 is 0 Å². The molecule has 0 spiro atoms. The third-order valence-corrected chi connectivity index (χ3v) is 8.49. The van der Waals surface area contributed by atoms with Crippen LogP contribution in [0.5, 0.6) is 0 Å². The number of benzene rings is 9. The van der Waals surface area contributed by atoms with E-state index in [9.17, 15) is 12.3 Å². The minimum atomic E-state index is -1.04. The number of aromatic nitrogens is 3. The van der Waals surface area contributed by atoms with Crippen molar-refractivity contribution in [2.75, 3.05) is 0 Å². The molecule has 0 bridgehead atoms. The SMILES string of the molecule is [2H]c1c([2H])c(-c2c([2H])c([2H])c(-c3nc(-c4ccccc4)nc(-c4ccccc4)n3)c([2H])c2[2H])c([2H])c(-c2c([2H])c([2H])c([2H])c(-c3c([2H])c([2H])c4c5c([2H])c([2H])c([2H])c([2H])c5c5c([2H])c([2H])c([2H])c([2H])c5c4c3[2H])c2[2H])c1[2H]. The Bertz CT molecular complexity index is 4170. The molecule has 0 N–H and O–H groups in total. The van der Waals surface area contributed by atoms with Gasteiger partial charge in [-0.3, -0.25) is 0 Å². The largest absolute Gasteiger partial charge is 0.208 e. The predicted octanol–water partition coefficient (Wildman–Crippen LogP) is 13.3. The highest BCUT2D eigenvalue weighted by atomic mass is 15.0. The summed E-state index contributed by atoms with van der Waals surface area (Å²) >= 11 is 0. The molecule has 10 aromatic rings. The molecule has 1 aromatic heterocycles. The van der Waals surface area contributed by atoms with Crippen molar-refractivity contribution in [3.63, 3.8) is 0 Å². The van der Waals surface area contributed by atoms with Crippen molar-refractivity contribution in [1.29, 1.82) is 0 Å². The number of fused-ring (bicyclic) bond motifs is 6. The fraction of sp³-hybridized carbons (Fsp3) is 0. The molecule has 3 nitrogen and oxygen atoms in total. The average molecular weight is 711 g/mol. The topological polar surface area (TPSA) is 38.7 Å². The molecule has 0 atom stereocenters. The molecular weight excluding hydrogens is 655 g/mol. The molecular formula is C51H33N3. The molecule has 0 saturated heterocycles. The van der Waals surface area contributed by atoms with Crippen molar-refractivity contribution in [2.24, 2.45) is 0 Å². The second-order valence-corrected chi connectivity index (χ2v) is 11.8. The van der Waals surface area contributed by atoms with Gasteiger partial charge in [-0.2, -0.15) is 0 Å². The van der Waals surface area contributed by atoms with Crippen molar-refractivity contribution >= 4 is 32.3 Å². The maximum absolute atomic E-state index is 9.71. The Morgan fingerprint density at radius 3 is 1.09 bits per heavy atom. The Balaban J connectivity index is 1.26. The van der Waals surface area contributed by atoms with Gasteiger partial charge in [0.2, 0.25) is 0 Å². The van der Waals surface area contributed by atoms with E-state index >= 15 is 0 Å². The number of hydrogen-bond acceptors (Lipinski definition) is 3. The third kappa shape index (κ3) is 5.78. The molecule has 0 fully saturated rings. The van der Waals surface area contributed by atoms with Gasteiger partial charge in [-0.25, -0.2) is 15.0 Å². The molecule has 54 heavy (non-hydrogen) atoms. The minimum absolute atomic E-state index is 0.124. The first-order valence-electron chi connectivity index (χ1n) is 27.9. The molecule has 0 amide bonds. The lowest BCUT2D eigenvalue weighted by molar-refractivity contribution is 1.07. The van der Waals surface area contributed by atoms with Gasteiger partial charge in [0.1, 0.15) is 0 Å². The summed E-state index contributed by atoms with van der Waals surface area (Å²) in [5, 5.41) is -2.99. The first-order valence-corrected chi connectivity index (χ1v) is 16.4. The lowest BCUT2D eigenvalue weighted by Gasteiger charge is -2.13. The van der Waals surface area contributed by atoms with Gasteiger partial charge in [0.05, 0.1) is 31.5 Å². The lowest BCUT2D eigenvalue weighted by Crippen LogP contribution is -2.00. The summed E-state index contributed by atoms with van der Waals surface area (Å²) in [7, 11) is 0. The Morgan fingerprint density at radius 2 is 0.611 bits per heavy atom. The van der Waals surface area contributed by atoms with Gasteiger partial charge in [0, 0.05) is 16.7 Å². The van der Waals surface area contributed by atoms with E-state index in [2.05, 4.69) is 15.0 Å². The Hall–Kier alpha value is -7.23. The monoisotopic (exact) mass is 710 g/mol. The summed E-state index contributed by atoms with van der Waals surface area (Å²) in [5.74, 6) is -0.0258. The van der Waals surface area contributed by atoms with Crippen LogP contribution in [0.2, 0.25) is 0 Å². The van der Waals surface area contributed by atoms with E-state index in [-0.39, 0.29) is 17.5 Å². The summed E-state index contributed by atoms with van der Waals surface area (Å²) in [6, 6.07) is -3.01. The van der Waals surface area contributed by atoms with Gasteiger partial charge in [0.15, 0.2) is 17.5 Å². The molecule has 0 aliphatic rings. The smallest absolute Gasteiger partial charge is 0.164 e. The summed E-state index contributed by atoms with van der Waals surface area (Å²) in [6.07, 6.45) is 0. The number of nitrogens with zero attached hydrogens (tertiary/aromatic N) is 3. The number of rotatable bonds is 6. The summed E-state index contributed by atoms with van der Waals surface area (Å²) in [5.41, 5.74) is -4.17. The van der Waals surface area contributed by atoms with Crippen molar-refractivity contribution in [1.82, 2.24) is 15.0 Å². The van der Waals surface area contributed by atoms with Crippen LogP contribution < -0.4 is 0 Å². The second kappa shape index (κ2) is 13.4. The van der Waals surface area contributed by atoms with Crippen LogP contribution in [-0.2, 0) is 0 Å². The van der Waals surface area contributed by atoms with Crippen LogP contribution in [0.1, 0.15) is 31.5 Å². The standard InChI is InChI=1S/C51H33N3/c1-3-13-35(14-4-1)49-52-50(36-15-5-2-6-16-36)54-51(53-49)37-27-25-34(26-28-37)38-17-11-18-39(31-38)40-19-12-20-41(32-40)42-29-30-47-45-23-8-7-21-43(45)44-22-9-10-24-46(44)48(47)33-42/h1-33H/i7D,8D,9D,10D,11D,12D,17D,18D,19D,20D,21D,22D,23D,24D,25D,26D,27D,28D,29D,30D,31D,32D,33D. The van der Waals surface area contributed by atoms with Crippen LogP contribution in [0.25, 0.3) is 99.9 Å². The number of hydrogen-bond donors (Lipinski definition) is 0. The maximum atomic E-state index is 9.71. The van der Waals surface area contributed by atoms with Gasteiger partial charge in [-0.05, 0) is 83.8 Å². The zero-order chi connectivity index (χ0) is 55.9. The van der Waals surface area contributed by atoms with Crippen molar-refractivity contribution in [2.45, 2.75) is 0 Å². The van der Waals surface area contributed by atoms with E-state index in [0.29, 0.717) is 11.1 Å².